The summed E-state index contributed by atoms with van der Waals surface area (Å²) < 4.78 is 0. The van der Waals surface area contributed by atoms with Crippen molar-refractivity contribution in [3.63, 3.8) is 0 Å². The number of amides is 2. The number of urea groups is 1. The summed E-state index contributed by atoms with van der Waals surface area (Å²) in [6.07, 6.45) is 2.63. The summed E-state index contributed by atoms with van der Waals surface area (Å²) in [4.78, 5) is 27.5. The first-order valence-electron chi connectivity index (χ1n) is 5.72. The summed E-state index contributed by atoms with van der Waals surface area (Å²) in [5.74, 6) is -0.343. The third-order valence-corrected chi connectivity index (χ3v) is 2.21. The molecule has 0 radical (unpaired) electrons. The molecule has 0 aliphatic heterocycles. The minimum Gasteiger partial charge on any atom is -0.480 e. The highest BCUT2D eigenvalue weighted by molar-refractivity contribution is 5.80. The van der Waals surface area contributed by atoms with E-state index in [2.05, 4.69) is 20.5 Å². The van der Waals surface area contributed by atoms with Crippen LogP contribution in [0.1, 0.15) is 19.2 Å². The van der Waals surface area contributed by atoms with E-state index in [9.17, 15) is 9.59 Å². The van der Waals surface area contributed by atoms with Gasteiger partial charge in [-0.3, -0.25) is 9.89 Å². The van der Waals surface area contributed by atoms with Gasteiger partial charge in [0, 0.05) is 19.5 Å². The summed E-state index contributed by atoms with van der Waals surface area (Å²) in [6.45, 7) is 2.40. The monoisotopic (exact) mass is 255 g/mol. The number of carbonyl (C=O) groups is 2. The van der Waals surface area contributed by atoms with Crippen molar-refractivity contribution in [3.8, 4) is 0 Å². The van der Waals surface area contributed by atoms with Crippen LogP contribution in [0.25, 0.3) is 0 Å². The average molecular weight is 255 g/mol. The minimum atomic E-state index is -1.02. The summed E-state index contributed by atoms with van der Waals surface area (Å²) in [5.41, 5.74) is 0. The number of nitrogens with one attached hydrogen (secondary N) is 2. The van der Waals surface area contributed by atoms with E-state index in [1.54, 1.807) is 0 Å². The molecule has 2 amide bonds. The van der Waals surface area contributed by atoms with Crippen molar-refractivity contribution in [1.82, 2.24) is 25.4 Å². The number of aliphatic carboxylic acids is 1. The Morgan fingerprint density at radius 3 is 2.89 bits per heavy atom. The Morgan fingerprint density at radius 2 is 2.33 bits per heavy atom. The molecule has 1 aromatic rings. The van der Waals surface area contributed by atoms with Crippen molar-refractivity contribution in [2.75, 3.05) is 19.6 Å². The third-order valence-electron chi connectivity index (χ3n) is 2.21. The molecule has 0 aliphatic rings. The molecule has 1 aromatic heterocycles. The second-order valence-electron chi connectivity index (χ2n) is 3.73. The Bertz CT molecular complexity index is 379. The molecule has 0 aliphatic carbocycles. The first-order valence-corrected chi connectivity index (χ1v) is 5.72. The zero-order chi connectivity index (χ0) is 13.4. The SMILES string of the molecule is CCCN(CC(=O)O)C(=O)NCCc1ncn[nH]1. The van der Waals surface area contributed by atoms with Crippen LogP contribution < -0.4 is 5.32 Å². The van der Waals surface area contributed by atoms with E-state index in [4.69, 9.17) is 5.11 Å². The number of aromatic amines is 1. The fourth-order valence-corrected chi connectivity index (χ4v) is 1.44. The van der Waals surface area contributed by atoms with Crippen LogP contribution in [0.4, 0.5) is 4.79 Å². The van der Waals surface area contributed by atoms with Crippen LogP contribution in [0.15, 0.2) is 6.33 Å². The van der Waals surface area contributed by atoms with E-state index in [1.165, 1.54) is 11.2 Å². The number of hydrogen-bond acceptors (Lipinski definition) is 4. The molecule has 3 N–H and O–H groups in total. The molecule has 8 heteroatoms. The lowest BCUT2D eigenvalue weighted by molar-refractivity contribution is -0.137. The number of H-pyrrole nitrogens is 1. The molecule has 0 fully saturated rings. The van der Waals surface area contributed by atoms with Gasteiger partial charge < -0.3 is 15.3 Å². The van der Waals surface area contributed by atoms with Crippen molar-refractivity contribution in [2.45, 2.75) is 19.8 Å². The van der Waals surface area contributed by atoms with Gasteiger partial charge in [-0.05, 0) is 6.42 Å². The molecule has 1 rings (SSSR count). The van der Waals surface area contributed by atoms with Crippen LogP contribution >= 0.6 is 0 Å². The minimum absolute atomic E-state index is 0.290. The van der Waals surface area contributed by atoms with Gasteiger partial charge in [0.15, 0.2) is 0 Å². The largest absolute Gasteiger partial charge is 0.480 e. The maximum absolute atomic E-state index is 11.7. The van der Waals surface area contributed by atoms with E-state index in [-0.39, 0.29) is 12.6 Å². The summed E-state index contributed by atoms with van der Waals surface area (Å²) in [7, 11) is 0. The number of aromatic nitrogens is 3. The second kappa shape index (κ2) is 7.25. The fourth-order valence-electron chi connectivity index (χ4n) is 1.44. The maximum atomic E-state index is 11.7. The van der Waals surface area contributed by atoms with Gasteiger partial charge in [-0.15, -0.1) is 0 Å². The van der Waals surface area contributed by atoms with Crippen molar-refractivity contribution in [2.24, 2.45) is 0 Å². The molecule has 0 saturated carbocycles. The molecule has 0 atom stereocenters. The summed E-state index contributed by atoms with van der Waals surface area (Å²) in [5, 5.41) is 17.7. The highest BCUT2D eigenvalue weighted by Gasteiger charge is 2.15. The smallest absolute Gasteiger partial charge is 0.323 e. The molecule has 8 nitrogen and oxygen atoms in total. The number of rotatable bonds is 7. The predicted octanol–water partition coefficient (Wildman–Crippen LogP) is -0.147. The first-order chi connectivity index (χ1) is 8.63. The number of carbonyl (C=O) groups excluding carboxylic acids is 1. The lowest BCUT2D eigenvalue weighted by Crippen LogP contribution is -2.43. The Labute approximate surface area is 104 Å². The first kappa shape index (κ1) is 13.9. The zero-order valence-electron chi connectivity index (χ0n) is 10.2. The molecule has 1 heterocycles. The Balaban J connectivity index is 2.34. The molecule has 0 aromatic carbocycles. The molecule has 100 valence electrons. The van der Waals surface area contributed by atoms with Gasteiger partial charge in [-0.1, -0.05) is 6.92 Å². The van der Waals surface area contributed by atoms with Gasteiger partial charge in [0.05, 0.1) is 0 Å². The van der Waals surface area contributed by atoms with Gasteiger partial charge in [0.1, 0.15) is 18.7 Å². The Kier molecular flexibility index (Phi) is 5.62. The number of carboxylic acid groups (broad SMARTS) is 1. The maximum Gasteiger partial charge on any atom is 0.323 e. The summed E-state index contributed by atoms with van der Waals surface area (Å²) in [6, 6.07) is -0.376. The van der Waals surface area contributed by atoms with Crippen LogP contribution in [0, 0.1) is 0 Å². The quantitative estimate of drug-likeness (QED) is 0.627. The molecule has 0 unspecified atom stereocenters. The zero-order valence-corrected chi connectivity index (χ0v) is 10.2. The number of carboxylic acids is 1. The van der Waals surface area contributed by atoms with Gasteiger partial charge in [-0.25, -0.2) is 9.78 Å². The van der Waals surface area contributed by atoms with Crippen LogP contribution in [0.5, 0.6) is 0 Å². The van der Waals surface area contributed by atoms with Gasteiger partial charge in [0.25, 0.3) is 0 Å². The topological polar surface area (TPSA) is 111 Å². The number of nitrogens with zero attached hydrogens (tertiary/aromatic N) is 3. The number of hydrogen-bond donors (Lipinski definition) is 3. The van der Waals surface area contributed by atoms with E-state index in [0.29, 0.717) is 31.8 Å². The molecule has 0 saturated heterocycles. The normalized spacial score (nSPS) is 10.1. The third kappa shape index (κ3) is 4.81. The van der Waals surface area contributed by atoms with Gasteiger partial charge in [-0.2, -0.15) is 5.10 Å². The van der Waals surface area contributed by atoms with E-state index < -0.39 is 5.97 Å². The van der Waals surface area contributed by atoms with Gasteiger partial charge >= 0.3 is 12.0 Å². The van der Waals surface area contributed by atoms with Crippen LogP contribution in [-0.4, -0.2) is 56.8 Å². The lowest BCUT2D eigenvalue weighted by Gasteiger charge is -2.20. The van der Waals surface area contributed by atoms with Crippen molar-refractivity contribution in [1.29, 1.82) is 0 Å². The van der Waals surface area contributed by atoms with Crippen LogP contribution in [-0.2, 0) is 11.2 Å². The van der Waals surface area contributed by atoms with Crippen molar-refractivity contribution < 1.29 is 14.7 Å². The standard InChI is InChI=1S/C10H17N5O3/c1-2-5-15(6-9(16)17)10(18)11-4-3-8-12-7-13-14-8/h7H,2-6H2,1H3,(H,11,18)(H,16,17)(H,12,13,14). The van der Waals surface area contributed by atoms with E-state index in [0.717, 1.165) is 0 Å². The van der Waals surface area contributed by atoms with Crippen molar-refractivity contribution >= 4 is 12.0 Å². The predicted molar refractivity (Wildman–Crippen MR) is 63.0 cm³/mol. The highest BCUT2D eigenvalue weighted by atomic mass is 16.4. The molecular weight excluding hydrogens is 238 g/mol. The molecule has 18 heavy (non-hydrogen) atoms. The molecule has 0 spiro atoms. The molecule has 0 bridgehead atoms. The van der Waals surface area contributed by atoms with Crippen LogP contribution in [0.2, 0.25) is 0 Å². The highest BCUT2D eigenvalue weighted by Crippen LogP contribution is 1.93. The Morgan fingerprint density at radius 1 is 1.56 bits per heavy atom. The van der Waals surface area contributed by atoms with E-state index >= 15 is 0 Å². The average Bonchev–Trinajstić information content (AvgIpc) is 2.81. The van der Waals surface area contributed by atoms with E-state index in [1.807, 2.05) is 6.92 Å². The fraction of sp³-hybridized carbons (Fsp3) is 0.600. The van der Waals surface area contributed by atoms with Gasteiger partial charge in [0.2, 0.25) is 0 Å². The van der Waals surface area contributed by atoms with Crippen molar-refractivity contribution in [3.05, 3.63) is 12.2 Å². The Hall–Kier alpha value is -2.12. The summed E-state index contributed by atoms with van der Waals surface area (Å²) >= 11 is 0. The lowest BCUT2D eigenvalue weighted by atomic mass is 10.4. The second-order valence-corrected chi connectivity index (χ2v) is 3.73. The van der Waals surface area contributed by atoms with Crippen LogP contribution in [0.3, 0.4) is 0 Å². The molecular formula is C10H17N5O3.